The van der Waals surface area contributed by atoms with Gasteiger partial charge in [0.1, 0.15) is 0 Å². The van der Waals surface area contributed by atoms with Gasteiger partial charge in [0.15, 0.2) is 0 Å². The predicted molar refractivity (Wildman–Crippen MR) is 68.6 cm³/mol. The topological polar surface area (TPSA) is 47.9 Å². The number of hydrogen-bond donors (Lipinski definition) is 3. The Morgan fingerprint density at radius 3 is 2.93 bits per heavy atom. The Bertz CT molecular complexity index is 361. The van der Waals surface area contributed by atoms with E-state index >= 15 is 0 Å². The van der Waals surface area contributed by atoms with Gasteiger partial charge in [0.25, 0.3) is 0 Å². The van der Waals surface area contributed by atoms with Gasteiger partial charge >= 0.3 is 0 Å². The zero-order chi connectivity index (χ0) is 11.1. The Morgan fingerprint density at radius 2 is 2.33 bits per heavy atom. The molecule has 0 fully saturated rings. The lowest BCUT2D eigenvalue weighted by atomic mass is 10.3. The number of likely N-dealkylation sites (N-methyl/N-ethyl adjacent to an activating group) is 1. The molecule has 0 radical (unpaired) electrons. The lowest BCUT2D eigenvalue weighted by Crippen LogP contribution is -2.16. The number of allylic oxidation sites excluding steroid dienone is 1. The van der Waals surface area contributed by atoms with E-state index < -0.39 is 0 Å². The molecular weight excluding hydrogens is 254 g/mol. The molecule has 1 aromatic rings. The molecule has 1 aromatic carbocycles. The van der Waals surface area contributed by atoms with Crippen molar-refractivity contribution in [3.05, 3.63) is 40.5 Å². The van der Waals surface area contributed by atoms with E-state index in [9.17, 15) is 0 Å². The Balaban J connectivity index is 2.56. The van der Waals surface area contributed by atoms with Crippen LogP contribution in [0.4, 0.5) is 5.69 Å². The van der Waals surface area contributed by atoms with E-state index in [1.165, 1.54) is 6.21 Å². The summed E-state index contributed by atoms with van der Waals surface area (Å²) in [7, 11) is 1.85. The average Bonchev–Trinajstić information content (AvgIpc) is 2.24. The van der Waals surface area contributed by atoms with Crippen LogP contribution in [-0.4, -0.2) is 19.8 Å². The zero-order valence-electron chi connectivity index (χ0n) is 8.55. The molecule has 0 unspecified atom stereocenters. The molecule has 0 saturated heterocycles. The smallest absolute Gasteiger partial charge is 0.0548 e. The second-order valence-electron chi connectivity index (χ2n) is 2.97. The molecule has 0 bridgehead atoms. The first-order chi connectivity index (χ1) is 7.26. The van der Waals surface area contributed by atoms with E-state index in [4.69, 9.17) is 5.41 Å². The summed E-state index contributed by atoms with van der Waals surface area (Å²) in [6.45, 7) is 0.683. The first kappa shape index (κ1) is 11.8. The third kappa shape index (κ3) is 4.16. The molecule has 0 aliphatic heterocycles. The van der Waals surface area contributed by atoms with Crippen LogP contribution in [0, 0.1) is 5.41 Å². The maximum Gasteiger partial charge on any atom is 0.0548 e. The third-order valence-corrected chi connectivity index (χ3v) is 2.41. The van der Waals surface area contributed by atoms with Crippen molar-refractivity contribution >= 4 is 27.8 Å². The van der Waals surface area contributed by atoms with Crippen molar-refractivity contribution in [3.63, 3.8) is 0 Å². The van der Waals surface area contributed by atoms with Gasteiger partial charge in [-0.05, 0) is 24.3 Å². The highest BCUT2D eigenvalue weighted by Gasteiger charge is 1.95. The van der Waals surface area contributed by atoms with Gasteiger partial charge in [0, 0.05) is 29.1 Å². The summed E-state index contributed by atoms with van der Waals surface area (Å²) in [5, 5.41) is 13.3. The van der Waals surface area contributed by atoms with Crippen LogP contribution in [0.5, 0.6) is 0 Å². The highest BCUT2D eigenvalue weighted by molar-refractivity contribution is 9.10. The molecule has 0 aromatic heterocycles. The molecule has 0 aliphatic carbocycles. The van der Waals surface area contributed by atoms with Crippen LogP contribution in [0.1, 0.15) is 0 Å². The zero-order valence-corrected chi connectivity index (χ0v) is 10.1. The van der Waals surface area contributed by atoms with E-state index in [-0.39, 0.29) is 0 Å². The Kier molecular flexibility index (Phi) is 4.90. The lowest BCUT2D eigenvalue weighted by Gasteiger charge is -2.09. The monoisotopic (exact) mass is 267 g/mol. The Labute approximate surface area is 98.2 Å². The minimum absolute atomic E-state index is 0.683. The Hall–Kier alpha value is -1.29. The van der Waals surface area contributed by atoms with Gasteiger partial charge < -0.3 is 16.0 Å². The van der Waals surface area contributed by atoms with Crippen LogP contribution < -0.4 is 10.6 Å². The van der Waals surface area contributed by atoms with Crippen LogP contribution in [0.25, 0.3) is 0 Å². The summed E-state index contributed by atoms with van der Waals surface area (Å²) in [6, 6.07) is 7.98. The first-order valence-electron chi connectivity index (χ1n) is 4.63. The van der Waals surface area contributed by atoms with Crippen molar-refractivity contribution in [2.45, 2.75) is 0 Å². The van der Waals surface area contributed by atoms with E-state index in [1.54, 1.807) is 6.08 Å². The maximum absolute atomic E-state index is 6.98. The fourth-order valence-corrected chi connectivity index (χ4v) is 1.53. The summed E-state index contributed by atoms with van der Waals surface area (Å²) in [6.07, 6.45) is 3.00. The number of halogens is 1. The fourth-order valence-electron chi connectivity index (χ4n) is 1.13. The standard InChI is InChI=1S/C11H14BrN3/c1-14-11(5-6-13)8-15-10-4-2-3-9(12)7-10/h2-7,13-15H,8H2,1H3/b11-5-,13-6?. The molecule has 80 valence electrons. The number of nitrogens with one attached hydrogen (secondary N) is 3. The van der Waals surface area contributed by atoms with Gasteiger partial charge in [0.05, 0.1) is 6.54 Å². The van der Waals surface area contributed by atoms with Crippen LogP contribution in [-0.2, 0) is 0 Å². The quantitative estimate of drug-likeness (QED) is 0.719. The minimum atomic E-state index is 0.683. The normalized spacial score (nSPS) is 10.9. The molecule has 0 amide bonds. The average molecular weight is 268 g/mol. The van der Waals surface area contributed by atoms with E-state index in [0.717, 1.165) is 15.9 Å². The van der Waals surface area contributed by atoms with Crippen LogP contribution >= 0.6 is 15.9 Å². The van der Waals surface area contributed by atoms with Crippen molar-refractivity contribution in [2.24, 2.45) is 0 Å². The second-order valence-corrected chi connectivity index (χ2v) is 3.89. The third-order valence-electron chi connectivity index (χ3n) is 1.91. The highest BCUT2D eigenvalue weighted by Crippen LogP contribution is 2.15. The minimum Gasteiger partial charge on any atom is -0.390 e. The summed E-state index contributed by atoms with van der Waals surface area (Å²) in [5.41, 5.74) is 2.03. The van der Waals surface area contributed by atoms with E-state index in [0.29, 0.717) is 6.54 Å². The van der Waals surface area contributed by atoms with Gasteiger partial charge in [-0.3, -0.25) is 0 Å². The molecular formula is C11H14BrN3. The largest absolute Gasteiger partial charge is 0.390 e. The van der Waals surface area contributed by atoms with Gasteiger partial charge in [-0.15, -0.1) is 0 Å². The molecule has 0 spiro atoms. The summed E-state index contributed by atoms with van der Waals surface area (Å²) in [4.78, 5) is 0. The lowest BCUT2D eigenvalue weighted by molar-refractivity contribution is 0.953. The molecule has 0 saturated carbocycles. The van der Waals surface area contributed by atoms with Gasteiger partial charge in [-0.1, -0.05) is 22.0 Å². The molecule has 1 rings (SSSR count). The second kappa shape index (κ2) is 6.24. The van der Waals surface area contributed by atoms with Crippen molar-refractivity contribution < 1.29 is 0 Å². The molecule has 0 atom stereocenters. The van der Waals surface area contributed by atoms with Crippen molar-refractivity contribution in [1.29, 1.82) is 5.41 Å². The first-order valence-corrected chi connectivity index (χ1v) is 5.42. The fraction of sp³-hybridized carbons (Fsp3) is 0.182. The predicted octanol–water partition coefficient (Wildman–Crippen LogP) is 2.61. The maximum atomic E-state index is 6.98. The summed E-state index contributed by atoms with van der Waals surface area (Å²) >= 11 is 3.41. The number of hydrogen-bond acceptors (Lipinski definition) is 3. The SMILES string of the molecule is CN/C(=C\C=N)CNc1cccc(Br)c1. The van der Waals surface area contributed by atoms with E-state index in [2.05, 4.69) is 26.6 Å². The van der Waals surface area contributed by atoms with Crippen molar-refractivity contribution in [2.75, 3.05) is 18.9 Å². The number of anilines is 1. The molecule has 0 aliphatic rings. The number of rotatable bonds is 5. The Morgan fingerprint density at radius 1 is 1.53 bits per heavy atom. The van der Waals surface area contributed by atoms with Gasteiger partial charge in [-0.2, -0.15) is 0 Å². The van der Waals surface area contributed by atoms with Crippen molar-refractivity contribution in [3.8, 4) is 0 Å². The van der Waals surface area contributed by atoms with Crippen LogP contribution in [0.3, 0.4) is 0 Å². The molecule has 15 heavy (non-hydrogen) atoms. The van der Waals surface area contributed by atoms with Gasteiger partial charge in [-0.25, -0.2) is 0 Å². The number of benzene rings is 1. The van der Waals surface area contributed by atoms with Crippen LogP contribution in [0.2, 0.25) is 0 Å². The molecule has 3 nitrogen and oxygen atoms in total. The summed E-state index contributed by atoms with van der Waals surface area (Å²) in [5.74, 6) is 0. The van der Waals surface area contributed by atoms with Crippen LogP contribution in [0.15, 0.2) is 40.5 Å². The van der Waals surface area contributed by atoms with Gasteiger partial charge in [0.2, 0.25) is 0 Å². The molecule has 3 N–H and O–H groups in total. The van der Waals surface area contributed by atoms with E-state index in [1.807, 2.05) is 31.3 Å². The highest BCUT2D eigenvalue weighted by atomic mass is 79.9. The molecule has 0 heterocycles. The van der Waals surface area contributed by atoms with Crippen molar-refractivity contribution in [1.82, 2.24) is 5.32 Å². The summed E-state index contributed by atoms with van der Waals surface area (Å²) < 4.78 is 1.05. The molecule has 4 heteroatoms.